The molecule has 3 aromatic carbocycles. The number of hydrogen-bond acceptors (Lipinski definition) is 5. The molecule has 1 N–H and O–H groups in total. The molecule has 0 spiro atoms. The molecule has 5 rings (SSSR count). The number of fused-ring (bicyclic) bond motifs is 1. The predicted molar refractivity (Wildman–Crippen MR) is 137 cm³/mol. The molecule has 186 valence electrons. The number of halogens is 1. The van der Waals surface area contributed by atoms with Crippen molar-refractivity contribution in [3.05, 3.63) is 102 Å². The second kappa shape index (κ2) is 10.1. The number of nitrogens with one attached hydrogen (secondary N) is 1. The Hall–Kier alpha value is -4.79. The van der Waals surface area contributed by atoms with Gasteiger partial charge in [0, 0.05) is 37.7 Å². The Bertz CT molecular complexity index is 1570. The van der Waals surface area contributed by atoms with Crippen LogP contribution in [-0.4, -0.2) is 38.5 Å². The molecule has 0 fully saturated rings. The molecule has 0 saturated carbocycles. The van der Waals surface area contributed by atoms with Gasteiger partial charge in [-0.15, -0.1) is 0 Å². The summed E-state index contributed by atoms with van der Waals surface area (Å²) in [6.45, 7) is 2.07. The molecule has 9 heteroatoms. The highest BCUT2D eigenvalue weighted by Crippen LogP contribution is 2.27. The third-order valence-corrected chi connectivity index (χ3v) is 5.90. The van der Waals surface area contributed by atoms with Crippen molar-refractivity contribution < 1.29 is 18.5 Å². The van der Waals surface area contributed by atoms with Crippen LogP contribution < -0.4 is 5.32 Å². The van der Waals surface area contributed by atoms with Gasteiger partial charge in [0.05, 0.1) is 29.6 Å². The Morgan fingerprint density at radius 3 is 2.54 bits per heavy atom. The Morgan fingerprint density at radius 1 is 1.05 bits per heavy atom. The van der Waals surface area contributed by atoms with E-state index in [1.54, 1.807) is 37.6 Å². The van der Waals surface area contributed by atoms with Crippen molar-refractivity contribution in [2.75, 3.05) is 12.4 Å². The van der Waals surface area contributed by atoms with Crippen LogP contribution in [0.1, 0.15) is 28.5 Å². The lowest BCUT2D eigenvalue weighted by molar-refractivity contribution is -0.114. The molecule has 37 heavy (non-hydrogen) atoms. The maximum Gasteiger partial charge on any atom is 0.254 e. The number of benzene rings is 3. The van der Waals surface area contributed by atoms with Gasteiger partial charge in [0.15, 0.2) is 5.76 Å². The minimum atomic E-state index is -0.313. The number of rotatable bonds is 7. The molecule has 2 amide bonds. The maximum atomic E-state index is 13.3. The molecular formula is C28H24FN5O3. The largest absolute Gasteiger partial charge is 0.356 e. The van der Waals surface area contributed by atoms with E-state index in [9.17, 15) is 14.0 Å². The molecular weight excluding hydrogens is 473 g/mol. The number of carbonyl (C=O) groups excluding carboxylic acids is 2. The highest BCUT2D eigenvalue weighted by molar-refractivity contribution is 6.05. The minimum absolute atomic E-state index is 0.238. The summed E-state index contributed by atoms with van der Waals surface area (Å²) in [6, 6.07) is 20.9. The Labute approximate surface area is 212 Å². The fourth-order valence-corrected chi connectivity index (χ4v) is 4.18. The fourth-order valence-electron chi connectivity index (χ4n) is 4.18. The van der Waals surface area contributed by atoms with Gasteiger partial charge in [0.25, 0.3) is 5.91 Å². The lowest BCUT2D eigenvalue weighted by Gasteiger charge is -2.17. The van der Waals surface area contributed by atoms with Crippen LogP contribution in [0.4, 0.5) is 10.1 Å². The topological polar surface area (TPSA) is 93.3 Å². The predicted octanol–water partition coefficient (Wildman–Crippen LogP) is 5.11. The first-order valence-electron chi connectivity index (χ1n) is 11.6. The summed E-state index contributed by atoms with van der Waals surface area (Å²) in [5.74, 6) is -0.222. The van der Waals surface area contributed by atoms with Gasteiger partial charge in [0.2, 0.25) is 5.91 Å². The van der Waals surface area contributed by atoms with E-state index >= 15 is 0 Å². The molecule has 2 aromatic heterocycles. The molecule has 0 aliphatic carbocycles. The summed E-state index contributed by atoms with van der Waals surface area (Å²) >= 11 is 0. The average Bonchev–Trinajstić information content (AvgIpc) is 3.52. The van der Waals surface area contributed by atoms with E-state index in [4.69, 9.17) is 4.52 Å². The lowest BCUT2D eigenvalue weighted by Crippen LogP contribution is -2.26. The van der Waals surface area contributed by atoms with Crippen LogP contribution in [0.15, 0.2) is 83.6 Å². The van der Waals surface area contributed by atoms with Gasteiger partial charge in [-0.3, -0.25) is 9.59 Å². The van der Waals surface area contributed by atoms with Crippen molar-refractivity contribution in [1.29, 1.82) is 0 Å². The lowest BCUT2D eigenvalue weighted by atomic mass is 10.1. The highest BCUT2D eigenvalue weighted by Gasteiger charge is 2.19. The molecule has 0 saturated heterocycles. The molecule has 0 aliphatic heterocycles. The first kappa shape index (κ1) is 23.9. The van der Waals surface area contributed by atoms with Crippen LogP contribution in [0.3, 0.4) is 0 Å². The van der Waals surface area contributed by atoms with Crippen molar-refractivity contribution in [2.24, 2.45) is 0 Å². The number of hydrogen-bond donors (Lipinski definition) is 1. The summed E-state index contributed by atoms with van der Waals surface area (Å²) in [5.41, 5.74) is 4.45. The zero-order valence-corrected chi connectivity index (χ0v) is 20.3. The van der Waals surface area contributed by atoms with E-state index in [1.165, 1.54) is 24.0 Å². The SMILES string of the molecule is CC(=O)Nc1cc(C(=O)N(C)Cc2cc(-c3ccccc3)on2)cc2ncn(Cc3ccc(F)cc3)c12. The molecule has 0 bridgehead atoms. The van der Waals surface area contributed by atoms with E-state index in [1.807, 2.05) is 41.0 Å². The quantitative estimate of drug-likeness (QED) is 0.337. The standard InChI is InChI=1S/C28H24FN5O3/c1-18(35)31-25-13-21(12-24-27(25)34(17-30-24)15-19-8-10-22(29)11-9-19)28(36)33(2)16-23-14-26(37-32-23)20-6-4-3-5-7-20/h3-14,17H,15-16H2,1-2H3,(H,31,35). The van der Waals surface area contributed by atoms with Gasteiger partial charge in [-0.2, -0.15) is 0 Å². The number of aromatic nitrogens is 3. The highest BCUT2D eigenvalue weighted by atomic mass is 19.1. The first-order chi connectivity index (χ1) is 17.9. The Kier molecular flexibility index (Phi) is 6.51. The van der Waals surface area contributed by atoms with Gasteiger partial charge >= 0.3 is 0 Å². The zero-order valence-electron chi connectivity index (χ0n) is 20.3. The Balaban J connectivity index is 1.41. The Morgan fingerprint density at radius 2 is 1.81 bits per heavy atom. The number of imidazole rings is 1. The van der Waals surface area contributed by atoms with Gasteiger partial charge < -0.3 is 19.3 Å². The van der Waals surface area contributed by atoms with Crippen LogP contribution in [0, 0.1) is 5.82 Å². The molecule has 0 aliphatic rings. The summed E-state index contributed by atoms with van der Waals surface area (Å²) in [7, 11) is 1.68. The van der Waals surface area contributed by atoms with Crippen LogP contribution >= 0.6 is 0 Å². The van der Waals surface area contributed by atoms with Crippen molar-refractivity contribution in [1.82, 2.24) is 19.6 Å². The average molecular weight is 498 g/mol. The normalized spacial score (nSPS) is 11.0. The van der Waals surface area contributed by atoms with Crippen molar-refractivity contribution in [3.63, 3.8) is 0 Å². The first-order valence-corrected chi connectivity index (χ1v) is 11.6. The second-order valence-corrected chi connectivity index (χ2v) is 8.78. The van der Waals surface area contributed by atoms with E-state index in [0.717, 1.165) is 11.1 Å². The van der Waals surface area contributed by atoms with Crippen molar-refractivity contribution in [2.45, 2.75) is 20.0 Å². The fraction of sp³-hybridized carbons (Fsp3) is 0.143. The van der Waals surface area contributed by atoms with E-state index in [-0.39, 0.29) is 24.2 Å². The zero-order chi connectivity index (χ0) is 25.9. The number of carbonyl (C=O) groups is 2. The third kappa shape index (κ3) is 5.25. The van der Waals surface area contributed by atoms with Crippen molar-refractivity contribution >= 4 is 28.5 Å². The third-order valence-electron chi connectivity index (χ3n) is 5.90. The van der Waals surface area contributed by atoms with E-state index in [2.05, 4.69) is 15.5 Å². The number of anilines is 1. The van der Waals surface area contributed by atoms with E-state index < -0.39 is 0 Å². The summed E-state index contributed by atoms with van der Waals surface area (Å²) in [4.78, 5) is 31.3. The summed E-state index contributed by atoms with van der Waals surface area (Å²) < 4.78 is 20.6. The van der Waals surface area contributed by atoms with Gasteiger partial charge in [-0.05, 0) is 29.8 Å². The maximum absolute atomic E-state index is 13.3. The molecule has 5 aromatic rings. The summed E-state index contributed by atoms with van der Waals surface area (Å²) in [5, 5.41) is 6.92. The van der Waals surface area contributed by atoms with Gasteiger partial charge in [0.1, 0.15) is 11.5 Å². The molecule has 0 atom stereocenters. The smallest absolute Gasteiger partial charge is 0.254 e. The molecule has 0 radical (unpaired) electrons. The van der Waals surface area contributed by atoms with Crippen LogP contribution in [0.5, 0.6) is 0 Å². The monoisotopic (exact) mass is 497 g/mol. The summed E-state index contributed by atoms with van der Waals surface area (Å²) in [6.07, 6.45) is 1.64. The van der Waals surface area contributed by atoms with Crippen molar-refractivity contribution in [3.8, 4) is 11.3 Å². The van der Waals surface area contributed by atoms with Crippen LogP contribution in [-0.2, 0) is 17.9 Å². The number of nitrogens with zero attached hydrogens (tertiary/aromatic N) is 4. The molecule has 0 unspecified atom stereocenters. The van der Waals surface area contributed by atoms with Crippen LogP contribution in [0.2, 0.25) is 0 Å². The van der Waals surface area contributed by atoms with Crippen LogP contribution in [0.25, 0.3) is 22.4 Å². The number of amides is 2. The van der Waals surface area contributed by atoms with E-state index in [0.29, 0.717) is 40.3 Å². The molecule has 8 nitrogen and oxygen atoms in total. The second-order valence-electron chi connectivity index (χ2n) is 8.78. The molecule has 2 heterocycles. The van der Waals surface area contributed by atoms with Gasteiger partial charge in [-0.1, -0.05) is 47.6 Å². The van der Waals surface area contributed by atoms with Gasteiger partial charge in [-0.25, -0.2) is 9.37 Å². The minimum Gasteiger partial charge on any atom is -0.356 e.